The number of nitrogens with two attached hydrogens (primary N) is 1. The van der Waals surface area contributed by atoms with Crippen LogP contribution in [0.3, 0.4) is 0 Å². The Hall–Kier alpha value is -2.30. The van der Waals surface area contributed by atoms with E-state index in [9.17, 15) is 23.8 Å². The van der Waals surface area contributed by atoms with E-state index < -0.39 is 51.1 Å². The molecule has 0 fully saturated rings. The van der Waals surface area contributed by atoms with E-state index in [0.29, 0.717) is 12.8 Å². The number of phosphoric acid groups is 1. The van der Waals surface area contributed by atoms with Gasteiger partial charge in [-0.05, 0) is 70.6 Å². The van der Waals surface area contributed by atoms with Gasteiger partial charge in [-0.2, -0.15) is 0 Å². The average molecular weight is 786 g/mol. The van der Waals surface area contributed by atoms with Crippen molar-refractivity contribution in [1.29, 1.82) is 0 Å². The minimum atomic E-state index is -4.72. The maximum atomic E-state index is 12.6. The van der Waals surface area contributed by atoms with E-state index >= 15 is 0 Å². The Balaban J connectivity index is 4.42. The maximum Gasteiger partial charge on any atom is 0.472 e. The van der Waals surface area contributed by atoms with Gasteiger partial charge >= 0.3 is 25.7 Å². The van der Waals surface area contributed by atoms with Crippen LogP contribution in [0, 0.1) is 0 Å². The normalized spacial score (nSPS) is 14.1. The molecule has 0 aromatic rings. The fourth-order valence-corrected chi connectivity index (χ4v) is 6.28. The largest absolute Gasteiger partial charge is 0.480 e. The molecule has 0 aliphatic heterocycles. The molecule has 0 heterocycles. The molecule has 0 aliphatic carbocycles. The van der Waals surface area contributed by atoms with E-state index in [0.717, 1.165) is 70.6 Å². The molecule has 4 N–H and O–H groups in total. The highest BCUT2D eigenvalue weighted by Crippen LogP contribution is 2.43. The molecule has 0 aromatic carbocycles. The van der Waals surface area contributed by atoms with E-state index in [2.05, 4.69) is 54.8 Å². The zero-order valence-corrected chi connectivity index (χ0v) is 34.7. The van der Waals surface area contributed by atoms with Crippen molar-refractivity contribution in [2.75, 3.05) is 19.8 Å². The molecule has 3 atom stereocenters. The van der Waals surface area contributed by atoms with Gasteiger partial charge in [-0.3, -0.25) is 23.4 Å². The van der Waals surface area contributed by atoms with Crippen molar-refractivity contribution in [3.63, 3.8) is 0 Å². The molecular formula is C42H76NO10P. The molecule has 0 radical (unpaired) electrons. The second kappa shape index (κ2) is 37.6. The lowest BCUT2D eigenvalue weighted by Gasteiger charge is -2.20. The summed E-state index contributed by atoms with van der Waals surface area (Å²) in [6.07, 6.45) is 39.2. The summed E-state index contributed by atoms with van der Waals surface area (Å²) in [6, 6.07) is -1.52. The van der Waals surface area contributed by atoms with E-state index in [1.807, 2.05) is 0 Å². The fraction of sp³-hybridized carbons (Fsp3) is 0.786. The predicted octanol–water partition coefficient (Wildman–Crippen LogP) is 10.8. The van der Waals surface area contributed by atoms with Crippen molar-refractivity contribution in [2.45, 2.75) is 193 Å². The summed E-state index contributed by atoms with van der Waals surface area (Å²) in [7, 11) is -4.72. The summed E-state index contributed by atoms with van der Waals surface area (Å²) in [6.45, 7) is 2.74. The SMILES string of the molecule is CCCCC/C=C/C/C=C/CCCCCCCC(=O)O[C@H](COC(=O)CCCCCCCCC/C=C/CCCCCC)COP(=O)(O)OC[C@H](N)C(=O)O. The van der Waals surface area contributed by atoms with Crippen LogP contribution in [-0.2, 0) is 37.5 Å². The predicted molar refractivity (Wildman–Crippen MR) is 217 cm³/mol. The third-order valence-corrected chi connectivity index (χ3v) is 9.81. The first-order chi connectivity index (χ1) is 26.1. The molecular weight excluding hydrogens is 709 g/mol. The Labute approximate surface area is 327 Å². The summed E-state index contributed by atoms with van der Waals surface area (Å²) < 4.78 is 32.6. The van der Waals surface area contributed by atoms with Crippen molar-refractivity contribution in [2.24, 2.45) is 5.73 Å². The Kier molecular flexibility index (Phi) is 36.0. The number of unbranched alkanes of at least 4 members (excludes halogenated alkanes) is 19. The van der Waals surface area contributed by atoms with Crippen LogP contribution in [0.15, 0.2) is 36.5 Å². The number of carbonyl (C=O) groups excluding carboxylic acids is 2. The lowest BCUT2D eigenvalue weighted by molar-refractivity contribution is -0.161. The number of hydrogen-bond donors (Lipinski definition) is 3. The monoisotopic (exact) mass is 786 g/mol. The first-order valence-electron chi connectivity index (χ1n) is 21.0. The minimum Gasteiger partial charge on any atom is -0.480 e. The number of rotatable bonds is 39. The topological polar surface area (TPSA) is 172 Å². The van der Waals surface area contributed by atoms with Gasteiger partial charge in [0, 0.05) is 12.8 Å². The third-order valence-electron chi connectivity index (χ3n) is 8.86. The van der Waals surface area contributed by atoms with Crippen LogP contribution >= 0.6 is 7.82 Å². The zero-order chi connectivity index (χ0) is 40.0. The molecule has 0 aliphatic rings. The van der Waals surface area contributed by atoms with Gasteiger partial charge in [-0.15, -0.1) is 0 Å². The van der Waals surface area contributed by atoms with Crippen LogP contribution in [0.25, 0.3) is 0 Å². The minimum absolute atomic E-state index is 0.144. The van der Waals surface area contributed by atoms with Crippen molar-refractivity contribution in [3.05, 3.63) is 36.5 Å². The number of esters is 2. The molecule has 0 aromatic heterocycles. The standard InChI is InChI=1S/C42H76NO10P/c1-3-5-7-9-11-13-15-17-19-21-23-25-27-29-31-33-40(44)50-35-38(36-51-54(48,49)52-37-39(43)42(46)47)53-41(45)34-32-30-28-26-24-22-20-18-16-14-12-10-8-6-4-2/h12-15,18,20,38-39H,3-11,16-17,19,21-37,43H2,1-2H3,(H,46,47)(H,48,49)/b14-12+,15-13+,20-18+/t38-,39+/m1/s1. The number of carbonyl (C=O) groups is 3. The second-order valence-corrected chi connectivity index (χ2v) is 15.6. The summed E-state index contributed by atoms with van der Waals surface area (Å²) in [4.78, 5) is 45.9. The van der Waals surface area contributed by atoms with Crippen LogP contribution in [0.5, 0.6) is 0 Å². The van der Waals surface area contributed by atoms with Crippen LogP contribution in [0.1, 0.15) is 181 Å². The van der Waals surface area contributed by atoms with E-state index in [1.165, 1.54) is 70.6 Å². The number of allylic oxidation sites excluding steroid dienone is 6. The molecule has 314 valence electrons. The summed E-state index contributed by atoms with van der Waals surface area (Å²) in [5, 5.41) is 8.88. The highest BCUT2D eigenvalue weighted by Gasteiger charge is 2.28. The average Bonchev–Trinajstić information content (AvgIpc) is 3.14. The number of carboxylic acid groups (broad SMARTS) is 1. The van der Waals surface area contributed by atoms with Crippen LogP contribution in [-0.4, -0.2) is 59.9 Å². The highest BCUT2D eigenvalue weighted by molar-refractivity contribution is 7.47. The number of aliphatic carboxylic acids is 1. The van der Waals surface area contributed by atoms with Gasteiger partial charge in [-0.1, -0.05) is 134 Å². The smallest absolute Gasteiger partial charge is 0.472 e. The molecule has 0 spiro atoms. The first kappa shape index (κ1) is 51.7. The van der Waals surface area contributed by atoms with Gasteiger partial charge in [0.05, 0.1) is 13.2 Å². The Morgan fingerprint density at radius 3 is 1.50 bits per heavy atom. The molecule has 11 nitrogen and oxygen atoms in total. The van der Waals surface area contributed by atoms with Crippen LogP contribution < -0.4 is 5.73 Å². The maximum absolute atomic E-state index is 12.6. The van der Waals surface area contributed by atoms with Gasteiger partial charge in [0.1, 0.15) is 12.6 Å². The summed E-state index contributed by atoms with van der Waals surface area (Å²) in [5.74, 6) is -2.40. The lowest BCUT2D eigenvalue weighted by atomic mass is 10.1. The summed E-state index contributed by atoms with van der Waals surface area (Å²) >= 11 is 0. The van der Waals surface area contributed by atoms with Gasteiger partial charge in [-0.25, -0.2) is 4.57 Å². The summed E-state index contributed by atoms with van der Waals surface area (Å²) in [5.41, 5.74) is 5.32. The van der Waals surface area contributed by atoms with E-state index in [4.69, 9.17) is 24.8 Å². The van der Waals surface area contributed by atoms with Gasteiger partial charge in [0.2, 0.25) is 0 Å². The van der Waals surface area contributed by atoms with Crippen LogP contribution in [0.4, 0.5) is 0 Å². The molecule has 54 heavy (non-hydrogen) atoms. The van der Waals surface area contributed by atoms with Crippen molar-refractivity contribution in [3.8, 4) is 0 Å². The molecule has 0 saturated carbocycles. The quantitative estimate of drug-likeness (QED) is 0.0234. The Morgan fingerprint density at radius 1 is 0.574 bits per heavy atom. The molecule has 12 heteroatoms. The Bertz CT molecular complexity index is 1060. The van der Waals surface area contributed by atoms with Gasteiger partial charge < -0.3 is 25.2 Å². The second-order valence-electron chi connectivity index (χ2n) is 14.1. The molecule has 1 unspecified atom stereocenters. The van der Waals surface area contributed by atoms with E-state index in [1.54, 1.807) is 0 Å². The number of hydrogen-bond acceptors (Lipinski definition) is 9. The van der Waals surface area contributed by atoms with Gasteiger partial charge in [0.25, 0.3) is 0 Å². The molecule has 0 amide bonds. The lowest BCUT2D eigenvalue weighted by Crippen LogP contribution is -2.34. The Morgan fingerprint density at radius 2 is 0.981 bits per heavy atom. The molecule has 0 rings (SSSR count). The number of phosphoric ester groups is 1. The molecule has 0 bridgehead atoms. The van der Waals surface area contributed by atoms with E-state index in [-0.39, 0.29) is 19.4 Å². The van der Waals surface area contributed by atoms with Crippen molar-refractivity contribution >= 4 is 25.7 Å². The van der Waals surface area contributed by atoms with Crippen LogP contribution in [0.2, 0.25) is 0 Å². The number of ether oxygens (including phenoxy) is 2. The highest BCUT2D eigenvalue weighted by atomic mass is 31.2. The van der Waals surface area contributed by atoms with Gasteiger partial charge in [0.15, 0.2) is 6.10 Å². The third kappa shape index (κ3) is 36.7. The number of carboxylic acids is 1. The van der Waals surface area contributed by atoms with Crippen molar-refractivity contribution in [1.82, 2.24) is 0 Å². The van der Waals surface area contributed by atoms with Crippen molar-refractivity contribution < 1.29 is 47.5 Å². The first-order valence-corrected chi connectivity index (χ1v) is 22.5. The molecule has 0 saturated heterocycles. The zero-order valence-electron chi connectivity index (χ0n) is 33.8. The fourth-order valence-electron chi connectivity index (χ4n) is 5.50.